The van der Waals surface area contributed by atoms with Crippen LogP contribution in [0.15, 0.2) is 21.9 Å². The Labute approximate surface area is 211 Å². The molecule has 0 radical (unpaired) electrons. The van der Waals surface area contributed by atoms with Gasteiger partial charge < -0.3 is 28.8 Å². The number of rotatable bonds is 12. The summed E-state index contributed by atoms with van der Waals surface area (Å²) in [7, 11) is -4.60. The number of aliphatic hydroxyl groups excluding tert-OH is 1. The molecule has 0 amide bonds. The van der Waals surface area contributed by atoms with Gasteiger partial charge in [-0.3, -0.25) is 18.9 Å². The average molecular weight is 554 g/mol. The summed E-state index contributed by atoms with van der Waals surface area (Å²) in [5.41, 5.74) is -2.90. The molecule has 1 aromatic rings. The molecule has 0 aliphatic carbocycles. The van der Waals surface area contributed by atoms with E-state index in [0.717, 1.165) is 10.6 Å². The molecular weight excluding hydrogens is 523 g/mol. The van der Waals surface area contributed by atoms with E-state index in [0.29, 0.717) is 0 Å². The van der Waals surface area contributed by atoms with Crippen molar-refractivity contribution in [3.05, 3.63) is 33.1 Å². The first kappa shape index (κ1) is 30.5. The first-order valence-electron chi connectivity index (χ1n) is 11.1. The number of nitrogens with zero attached hydrogens (tertiary/aromatic N) is 1. The van der Waals surface area contributed by atoms with Crippen molar-refractivity contribution >= 4 is 20.1 Å². The summed E-state index contributed by atoms with van der Waals surface area (Å²) < 4.78 is 53.9. The van der Waals surface area contributed by atoms with E-state index >= 15 is 0 Å². The van der Waals surface area contributed by atoms with Gasteiger partial charge in [-0.1, -0.05) is 0 Å². The Morgan fingerprint density at radius 2 is 1.65 bits per heavy atom. The maximum atomic E-state index is 13.1. The van der Waals surface area contributed by atoms with Gasteiger partial charge in [0.2, 0.25) is 13.6 Å². The molecule has 37 heavy (non-hydrogen) atoms. The van der Waals surface area contributed by atoms with Crippen molar-refractivity contribution in [2.24, 2.45) is 0 Å². The Morgan fingerprint density at radius 3 is 2.14 bits per heavy atom. The van der Waals surface area contributed by atoms with Crippen molar-refractivity contribution in [2.75, 3.05) is 20.2 Å². The van der Waals surface area contributed by atoms with Gasteiger partial charge in [0.25, 0.3) is 5.56 Å². The predicted molar refractivity (Wildman–Crippen MR) is 121 cm³/mol. The number of carbonyl (C=O) groups is 2. The minimum Gasteiger partial charge on any atom is -0.432 e. The minimum atomic E-state index is -4.60. The van der Waals surface area contributed by atoms with E-state index in [-0.39, 0.29) is 6.42 Å². The molecule has 1 saturated heterocycles. The fourth-order valence-electron chi connectivity index (χ4n) is 2.88. The van der Waals surface area contributed by atoms with Crippen molar-refractivity contribution in [1.82, 2.24) is 9.55 Å². The molecule has 16 nitrogen and oxygen atoms in total. The van der Waals surface area contributed by atoms with E-state index in [4.69, 9.17) is 27.8 Å². The van der Waals surface area contributed by atoms with E-state index in [9.17, 15) is 28.8 Å². The predicted octanol–water partition coefficient (Wildman–Crippen LogP) is 1.77. The molecule has 1 aromatic heterocycles. The number of nitrogens with one attached hydrogen (secondary N) is 1. The highest BCUT2D eigenvalue weighted by molar-refractivity contribution is 7.48. The molecule has 0 unspecified atom stereocenters. The molecule has 210 valence electrons. The maximum absolute atomic E-state index is 13.1. The summed E-state index contributed by atoms with van der Waals surface area (Å²) in [4.78, 5) is 48.5. The van der Waals surface area contributed by atoms with Gasteiger partial charge in [0.15, 0.2) is 0 Å². The number of aromatic nitrogens is 2. The zero-order chi connectivity index (χ0) is 27.8. The number of aliphatic hydroxyl groups is 1. The van der Waals surface area contributed by atoms with E-state index in [2.05, 4.69) is 14.5 Å². The first-order valence-corrected chi connectivity index (χ1v) is 12.6. The zero-order valence-electron chi connectivity index (χ0n) is 20.9. The van der Waals surface area contributed by atoms with Crippen molar-refractivity contribution in [1.29, 1.82) is 0 Å². The summed E-state index contributed by atoms with van der Waals surface area (Å²) in [5, 5.41) is 10.6. The van der Waals surface area contributed by atoms with Gasteiger partial charge >= 0.3 is 25.8 Å². The molecule has 0 saturated carbocycles. The third kappa shape index (κ3) is 9.57. The van der Waals surface area contributed by atoms with Crippen LogP contribution in [0.25, 0.3) is 0 Å². The number of carbonyl (C=O) groups excluding carboxylic acids is 2. The summed E-state index contributed by atoms with van der Waals surface area (Å²) in [6.07, 6.45) is -4.30. The van der Waals surface area contributed by atoms with Gasteiger partial charge in [0, 0.05) is 18.7 Å². The third-order valence-electron chi connectivity index (χ3n) is 4.64. The van der Waals surface area contributed by atoms with Gasteiger partial charge in [-0.2, -0.15) is 0 Å². The fraction of sp³-hybridized carbons (Fsp3) is 0.700. The minimum absolute atomic E-state index is 0.0772. The summed E-state index contributed by atoms with van der Waals surface area (Å²) in [5.74, 6) is 0. The second kappa shape index (κ2) is 13.2. The standard InChI is InChI=1S/C20H31N2O14P/c1-12(2)34-18(26)29-10-32-37(28,33-11-30-19(27)35-13(3)4)31-9-20(5)14(23)8-16(36-20)22-7-6-15(24)21-17(22)25/h6-7,12-14,16,23H,8-11H2,1-5H3,(H,21,24,25)/t14-,16+,20+/m0/s1. The number of hydrogen-bond donors (Lipinski definition) is 2. The van der Waals surface area contributed by atoms with Gasteiger partial charge in [-0.15, -0.1) is 0 Å². The Kier molecular flexibility index (Phi) is 10.8. The van der Waals surface area contributed by atoms with Gasteiger partial charge in [-0.05, 0) is 34.6 Å². The quantitative estimate of drug-likeness (QED) is 0.215. The van der Waals surface area contributed by atoms with Crippen LogP contribution in [0.4, 0.5) is 9.59 Å². The number of ether oxygens (including phenoxy) is 5. The summed E-state index contributed by atoms with van der Waals surface area (Å²) in [6, 6.07) is 1.10. The largest absolute Gasteiger partial charge is 0.510 e. The Bertz CT molecular complexity index is 1050. The summed E-state index contributed by atoms with van der Waals surface area (Å²) in [6.45, 7) is 5.27. The van der Waals surface area contributed by atoms with Crippen LogP contribution in [0.2, 0.25) is 0 Å². The molecule has 2 rings (SSSR count). The van der Waals surface area contributed by atoms with Crippen LogP contribution in [-0.4, -0.2) is 71.1 Å². The Morgan fingerprint density at radius 1 is 1.11 bits per heavy atom. The van der Waals surface area contributed by atoms with Gasteiger partial charge in [-0.25, -0.2) is 28.0 Å². The van der Waals surface area contributed by atoms with E-state index < -0.39 is 81.7 Å². The lowest BCUT2D eigenvalue weighted by atomic mass is 10.0. The molecule has 0 spiro atoms. The second-order valence-corrected chi connectivity index (χ2v) is 10.2. The number of phosphoric acid groups is 1. The molecule has 2 heterocycles. The highest BCUT2D eigenvalue weighted by Gasteiger charge is 2.47. The molecule has 1 fully saturated rings. The number of H-pyrrole nitrogens is 1. The van der Waals surface area contributed by atoms with Crippen molar-refractivity contribution in [2.45, 2.75) is 71.2 Å². The first-order chi connectivity index (χ1) is 17.2. The highest BCUT2D eigenvalue weighted by Crippen LogP contribution is 2.51. The number of hydrogen-bond acceptors (Lipinski definition) is 14. The van der Waals surface area contributed by atoms with Crippen LogP contribution in [0.1, 0.15) is 47.3 Å². The lowest BCUT2D eigenvalue weighted by molar-refractivity contribution is -0.120. The van der Waals surface area contributed by atoms with E-state index in [1.165, 1.54) is 13.1 Å². The van der Waals surface area contributed by atoms with E-state index in [1.807, 2.05) is 0 Å². The Balaban J connectivity index is 2.06. The van der Waals surface area contributed by atoms with Crippen molar-refractivity contribution < 1.29 is 56.5 Å². The normalized spacial score (nSPS) is 21.7. The molecule has 1 aliphatic rings. The van der Waals surface area contributed by atoms with Crippen molar-refractivity contribution in [3.8, 4) is 0 Å². The van der Waals surface area contributed by atoms with Crippen LogP contribution in [0.5, 0.6) is 0 Å². The zero-order valence-corrected chi connectivity index (χ0v) is 21.8. The molecule has 0 aromatic carbocycles. The smallest absolute Gasteiger partial charge is 0.432 e. The van der Waals surface area contributed by atoms with Crippen LogP contribution < -0.4 is 11.2 Å². The maximum Gasteiger partial charge on any atom is 0.510 e. The molecular formula is C20H31N2O14P. The fourth-order valence-corrected chi connectivity index (χ4v) is 3.88. The van der Waals surface area contributed by atoms with Gasteiger partial charge in [0.05, 0.1) is 24.9 Å². The molecule has 0 bridgehead atoms. The van der Waals surface area contributed by atoms with Crippen molar-refractivity contribution in [3.63, 3.8) is 0 Å². The van der Waals surface area contributed by atoms with Crippen LogP contribution >= 0.6 is 7.82 Å². The molecule has 2 N–H and O–H groups in total. The Hall–Kier alpha value is -2.75. The monoisotopic (exact) mass is 554 g/mol. The number of aromatic amines is 1. The lowest BCUT2D eigenvalue weighted by Crippen LogP contribution is -2.41. The lowest BCUT2D eigenvalue weighted by Gasteiger charge is -2.29. The number of phosphoric ester groups is 1. The van der Waals surface area contributed by atoms with Gasteiger partial charge in [0.1, 0.15) is 11.8 Å². The topological polar surface area (TPSA) is 200 Å². The van der Waals surface area contributed by atoms with Crippen LogP contribution in [0.3, 0.4) is 0 Å². The molecule has 17 heteroatoms. The van der Waals surface area contributed by atoms with Crippen LogP contribution in [0, 0.1) is 0 Å². The highest BCUT2D eigenvalue weighted by atomic mass is 31.2. The van der Waals surface area contributed by atoms with E-state index in [1.54, 1.807) is 27.7 Å². The molecule has 3 atom stereocenters. The third-order valence-corrected chi connectivity index (χ3v) is 5.93. The SMILES string of the molecule is CC(C)OC(=O)OCOP(=O)(OCOC(=O)OC(C)C)OC[C@@]1(C)O[C@@H](n2ccc(=O)[nH]c2=O)C[C@@H]1O. The average Bonchev–Trinajstić information content (AvgIpc) is 3.06. The van der Waals surface area contributed by atoms with Crippen LogP contribution in [-0.2, 0) is 41.8 Å². The summed E-state index contributed by atoms with van der Waals surface area (Å²) >= 11 is 0. The molecule has 1 aliphatic heterocycles. The second-order valence-electron chi connectivity index (χ2n) is 8.49.